The molecule has 0 spiro atoms. The van der Waals surface area contributed by atoms with Gasteiger partial charge in [0.25, 0.3) is 0 Å². The lowest BCUT2D eigenvalue weighted by atomic mass is 10.2. The highest BCUT2D eigenvalue weighted by Gasteiger charge is 2.03. The first kappa shape index (κ1) is 12.4. The van der Waals surface area contributed by atoms with Gasteiger partial charge in [-0.1, -0.05) is 6.42 Å². The Morgan fingerprint density at radius 1 is 1.22 bits per heavy atom. The minimum Gasteiger partial charge on any atom is -0.508 e. The van der Waals surface area contributed by atoms with Crippen LogP contribution < -0.4 is 5.43 Å². The summed E-state index contributed by atoms with van der Waals surface area (Å²) < 4.78 is 0. The van der Waals surface area contributed by atoms with Gasteiger partial charge in [-0.15, -0.1) is 0 Å². The Hall–Kier alpha value is -2.04. The number of hydrogen-bond donors (Lipinski definition) is 3. The van der Waals surface area contributed by atoms with Crippen molar-refractivity contribution in [1.29, 1.82) is 0 Å². The third-order valence-electron chi connectivity index (χ3n) is 2.79. The van der Waals surface area contributed by atoms with Crippen LogP contribution in [0.3, 0.4) is 0 Å². The van der Waals surface area contributed by atoms with Crippen LogP contribution in [0.5, 0.6) is 11.5 Å². The second kappa shape index (κ2) is 6.05. The van der Waals surface area contributed by atoms with Crippen molar-refractivity contribution in [3.05, 3.63) is 23.8 Å². The lowest BCUT2D eigenvalue weighted by Crippen LogP contribution is -2.17. The van der Waals surface area contributed by atoms with E-state index in [0.717, 1.165) is 31.6 Å². The molecule has 0 saturated carbocycles. The van der Waals surface area contributed by atoms with E-state index in [1.807, 2.05) is 0 Å². The number of hydrazone groups is 1. The molecule has 0 bridgehead atoms. The molecule has 3 N–H and O–H groups in total. The van der Waals surface area contributed by atoms with Crippen LogP contribution in [0.4, 0.5) is 0 Å². The first-order valence-corrected chi connectivity index (χ1v) is 6.10. The maximum Gasteiger partial charge on any atom is 0.128 e. The molecule has 0 unspecified atom stereocenters. The van der Waals surface area contributed by atoms with E-state index in [-0.39, 0.29) is 11.5 Å². The molecule has 0 radical (unpaired) electrons. The van der Waals surface area contributed by atoms with Crippen LogP contribution in [0.2, 0.25) is 0 Å². The molecule has 0 amide bonds. The number of benzene rings is 1. The number of aromatic hydroxyl groups is 2. The molecule has 18 heavy (non-hydrogen) atoms. The topological polar surface area (TPSA) is 77.2 Å². The molecule has 1 heterocycles. The van der Waals surface area contributed by atoms with Crippen LogP contribution in [0.1, 0.15) is 31.2 Å². The first-order chi connectivity index (χ1) is 8.75. The number of phenols is 2. The maximum atomic E-state index is 9.56. The third kappa shape index (κ3) is 3.48. The van der Waals surface area contributed by atoms with Crippen LogP contribution in [-0.2, 0) is 0 Å². The second-order valence-corrected chi connectivity index (χ2v) is 4.25. The predicted octanol–water partition coefficient (Wildman–Crippen LogP) is 1.99. The zero-order valence-corrected chi connectivity index (χ0v) is 10.1. The van der Waals surface area contributed by atoms with Crippen molar-refractivity contribution in [2.24, 2.45) is 10.1 Å². The highest BCUT2D eigenvalue weighted by atomic mass is 16.3. The van der Waals surface area contributed by atoms with Crippen LogP contribution >= 0.6 is 0 Å². The van der Waals surface area contributed by atoms with Crippen molar-refractivity contribution >= 4 is 12.1 Å². The van der Waals surface area contributed by atoms with Gasteiger partial charge in [-0.3, -0.25) is 10.4 Å². The quantitative estimate of drug-likeness (QED) is 0.552. The first-order valence-electron chi connectivity index (χ1n) is 6.10. The van der Waals surface area contributed by atoms with Crippen molar-refractivity contribution in [3.63, 3.8) is 0 Å². The molecule has 1 aromatic rings. The average Bonchev–Trinajstić information content (AvgIpc) is 2.60. The van der Waals surface area contributed by atoms with E-state index in [4.69, 9.17) is 5.11 Å². The summed E-state index contributed by atoms with van der Waals surface area (Å²) >= 11 is 0. The number of phenolic OH excluding ortho intramolecular Hbond substituents is 2. The summed E-state index contributed by atoms with van der Waals surface area (Å²) in [5, 5.41) is 22.8. The molecule has 0 aromatic heterocycles. The van der Waals surface area contributed by atoms with Crippen molar-refractivity contribution in [2.45, 2.75) is 25.7 Å². The molecule has 5 heteroatoms. The van der Waals surface area contributed by atoms with Gasteiger partial charge in [-0.2, -0.15) is 5.10 Å². The van der Waals surface area contributed by atoms with Gasteiger partial charge in [0.2, 0.25) is 0 Å². The van der Waals surface area contributed by atoms with Crippen molar-refractivity contribution in [1.82, 2.24) is 5.43 Å². The van der Waals surface area contributed by atoms with E-state index in [0.29, 0.717) is 5.56 Å². The Morgan fingerprint density at radius 3 is 2.94 bits per heavy atom. The van der Waals surface area contributed by atoms with Crippen LogP contribution in [0.25, 0.3) is 0 Å². The van der Waals surface area contributed by atoms with E-state index in [9.17, 15) is 5.11 Å². The maximum absolute atomic E-state index is 9.56. The standard InChI is InChI=1S/C13H17N3O2/c17-11-6-5-10(12(18)8-11)9-15-16-13-4-2-1-3-7-14-13/h5-6,8-9,17-18H,1-4,7H2,(H,14,16). The molecule has 0 atom stereocenters. The van der Waals surface area contributed by atoms with Gasteiger partial charge < -0.3 is 10.2 Å². The van der Waals surface area contributed by atoms with Crippen LogP contribution in [0.15, 0.2) is 28.3 Å². The number of hydrogen-bond acceptors (Lipinski definition) is 5. The molecule has 0 saturated heterocycles. The van der Waals surface area contributed by atoms with Gasteiger partial charge in [-0.25, -0.2) is 0 Å². The fourth-order valence-electron chi connectivity index (χ4n) is 1.78. The summed E-state index contributed by atoms with van der Waals surface area (Å²) in [6, 6.07) is 4.39. The molecular formula is C13H17N3O2. The number of nitrogens with zero attached hydrogens (tertiary/aromatic N) is 2. The lowest BCUT2D eigenvalue weighted by Gasteiger charge is -2.02. The summed E-state index contributed by atoms with van der Waals surface area (Å²) in [6.45, 7) is 0.850. The molecular weight excluding hydrogens is 230 g/mol. The SMILES string of the molecule is Oc1ccc(C=NNC2=NCCCCC2)c(O)c1. The van der Waals surface area contributed by atoms with Gasteiger partial charge in [0.1, 0.15) is 17.3 Å². The Kier molecular flexibility index (Phi) is 4.17. The minimum absolute atomic E-state index is 0.00311. The van der Waals surface area contributed by atoms with Crippen molar-refractivity contribution in [3.8, 4) is 11.5 Å². The molecule has 0 fully saturated rings. The van der Waals surface area contributed by atoms with E-state index in [1.165, 1.54) is 24.8 Å². The largest absolute Gasteiger partial charge is 0.508 e. The summed E-state index contributed by atoms with van der Waals surface area (Å²) in [6.07, 6.45) is 5.90. The van der Waals surface area contributed by atoms with E-state index < -0.39 is 0 Å². The highest BCUT2D eigenvalue weighted by molar-refractivity contribution is 5.87. The molecule has 1 aliphatic rings. The Labute approximate surface area is 106 Å². The van der Waals surface area contributed by atoms with Gasteiger partial charge in [0, 0.05) is 24.6 Å². The zero-order valence-electron chi connectivity index (χ0n) is 10.1. The summed E-state index contributed by atoms with van der Waals surface area (Å²) in [7, 11) is 0. The molecule has 0 aliphatic carbocycles. The minimum atomic E-state index is 0.00311. The molecule has 1 aromatic carbocycles. The Morgan fingerprint density at radius 2 is 2.11 bits per heavy atom. The Balaban J connectivity index is 1.96. The Bertz CT molecular complexity index is 469. The van der Waals surface area contributed by atoms with Crippen LogP contribution in [0, 0.1) is 0 Å². The highest BCUT2D eigenvalue weighted by Crippen LogP contribution is 2.20. The fraction of sp³-hybridized carbons (Fsp3) is 0.385. The number of rotatable bonds is 2. The smallest absolute Gasteiger partial charge is 0.128 e. The van der Waals surface area contributed by atoms with Gasteiger partial charge in [-0.05, 0) is 25.0 Å². The van der Waals surface area contributed by atoms with Gasteiger partial charge in [0.15, 0.2) is 0 Å². The number of nitrogens with one attached hydrogen (secondary N) is 1. The van der Waals surface area contributed by atoms with E-state index in [2.05, 4.69) is 15.5 Å². The number of aliphatic imine (C=N–C) groups is 1. The fourth-order valence-corrected chi connectivity index (χ4v) is 1.78. The van der Waals surface area contributed by atoms with Crippen molar-refractivity contribution < 1.29 is 10.2 Å². The van der Waals surface area contributed by atoms with E-state index in [1.54, 1.807) is 6.07 Å². The summed E-state index contributed by atoms with van der Waals surface area (Å²) in [5.74, 6) is 0.927. The molecule has 1 aliphatic heterocycles. The monoisotopic (exact) mass is 247 g/mol. The predicted molar refractivity (Wildman–Crippen MR) is 71.3 cm³/mol. The normalized spacial score (nSPS) is 16.3. The number of amidine groups is 1. The van der Waals surface area contributed by atoms with E-state index >= 15 is 0 Å². The molecule has 96 valence electrons. The van der Waals surface area contributed by atoms with Crippen molar-refractivity contribution in [2.75, 3.05) is 6.54 Å². The van der Waals surface area contributed by atoms with Crippen LogP contribution in [-0.4, -0.2) is 28.8 Å². The average molecular weight is 247 g/mol. The summed E-state index contributed by atoms with van der Waals surface area (Å²) in [5.41, 5.74) is 3.45. The zero-order chi connectivity index (χ0) is 12.8. The second-order valence-electron chi connectivity index (χ2n) is 4.25. The molecule has 2 rings (SSSR count). The third-order valence-corrected chi connectivity index (χ3v) is 2.79. The van der Waals surface area contributed by atoms with Gasteiger partial charge >= 0.3 is 0 Å². The lowest BCUT2D eigenvalue weighted by molar-refractivity contribution is 0.450. The molecule has 5 nitrogen and oxygen atoms in total. The van der Waals surface area contributed by atoms with Gasteiger partial charge in [0.05, 0.1) is 6.21 Å². The summed E-state index contributed by atoms with van der Waals surface area (Å²) in [4.78, 5) is 4.38.